The van der Waals surface area contributed by atoms with Crippen LogP contribution in [0.3, 0.4) is 0 Å². The summed E-state index contributed by atoms with van der Waals surface area (Å²) in [4.78, 5) is 42.3. The van der Waals surface area contributed by atoms with Crippen LogP contribution in [0.25, 0.3) is 0 Å². The van der Waals surface area contributed by atoms with Crippen LogP contribution < -0.4 is 15.4 Å². The van der Waals surface area contributed by atoms with Crippen LogP contribution >= 0.6 is 0 Å². The number of hydrogen-bond donors (Lipinski definition) is 1. The lowest BCUT2D eigenvalue weighted by atomic mass is 9.67. The molecule has 0 aromatic heterocycles. The molecule has 0 spiro atoms. The summed E-state index contributed by atoms with van der Waals surface area (Å²) >= 11 is 0. The summed E-state index contributed by atoms with van der Waals surface area (Å²) in [5.74, 6) is -8.01. The Kier molecular flexibility index (Phi) is 7.99. The van der Waals surface area contributed by atoms with Crippen molar-refractivity contribution in [1.82, 2.24) is 0 Å². The summed E-state index contributed by atoms with van der Waals surface area (Å²) in [7, 11) is 3.76. The molecule has 0 saturated heterocycles. The minimum Gasteiger partial charge on any atom is -0.497 e. The van der Waals surface area contributed by atoms with Crippen molar-refractivity contribution in [3.63, 3.8) is 0 Å². The number of hydrogen-bond acceptors (Lipinski definition) is 8. The van der Waals surface area contributed by atoms with E-state index in [1.807, 2.05) is 0 Å². The van der Waals surface area contributed by atoms with E-state index >= 15 is 4.39 Å². The molecule has 0 amide bonds. The lowest BCUT2D eigenvalue weighted by Crippen LogP contribution is -2.46. The van der Waals surface area contributed by atoms with Gasteiger partial charge in [-0.1, -0.05) is 24.3 Å². The first-order valence-electron chi connectivity index (χ1n) is 13.2. The maximum Gasteiger partial charge on any atom is 0.338 e. The molecule has 2 aliphatic rings. The van der Waals surface area contributed by atoms with E-state index in [4.69, 9.17) is 19.9 Å². The number of Topliss-reactive ketones (excluding diaryl/α,β-unsaturated/α-hetero) is 1. The van der Waals surface area contributed by atoms with Crippen molar-refractivity contribution in [3.8, 4) is 5.75 Å². The molecule has 1 aliphatic carbocycles. The van der Waals surface area contributed by atoms with Gasteiger partial charge in [0.05, 0.1) is 38.5 Å². The zero-order chi connectivity index (χ0) is 31.0. The number of carbonyl (C=O) groups excluding carboxylic acids is 3. The molecule has 1 heterocycles. The highest BCUT2D eigenvalue weighted by Gasteiger charge is 2.51. The van der Waals surface area contributed by atoms with Gasteiger partial charge in [-0.2, -0.15) is 0 Å². The Morgan fingerprint density at radius 2 is 1.49 bits per heavy atom. The molecule has 0 radical (unpaired) electrons. The van der Waals surface area contributed by atoms with Gasteiger partial charge in [0.15, 0.2) is 5.78 Å². The molecule has 8 nitrogen and oxygen atoms in total. The van der Waals surface area contributed by atoms with Crippen LogP contribution in [0, 0.1) is 23.4 Å². The number of nitrogens with two attached hydrogens (primary N) is 1. The summed E-state index contributed by atoms with van der Waals surface area (Å²) in [5, 5.41) is 0. The van der Waals surface area contributed by atoms with E-state index in [0.29, 0.717) is 22.9 Å². The Hall–Kier alpha value is -5.06. The number of ketones is 1. The maximum atomic E-state index is 15.4. The van der Waals surface area contributed by atoms with Gasteiger partial charge in [-0.05, 0) is 53.9 Å². The van der Waals surface area contributed by atoms with Crippen molar-refractivity contribution in [2.75, 3.05) is 26.2 Å². The Morgan fingerprint density at radius 1 is 0.860 bits per heavy atom. The summed E-state index contributed by atoms with van der Waals surface area (Å²) in [6.07, 6.45) is -0.0448. The quantitative estimate of drug-likeness (QED) is 0.320. The first-order chi connectivity index (χ1) is 20.6. The summed E-state index contributed by atoms with van der Waals surface area (Å²) in [6, 6.07) is 14.6. The standard InChI is InChI=1S/C32H27F3N2O6/c1-41-20-11-6-16(7-12-20)21-15-24-27(29(38)26(21)31(39)42-2)25(17-4-8-18(33)9-5-17)28(32(40)43-3)30(36)37(24)23-13-10-19(34)14-22(23)35/h4-14,21,25-26H,15,36H2,1-3H3. The fourth-order valence-electron chi connectivity index (χ4n) is 5.83. The molecule has 0 saturated carbocycles. The number of carbonyl (C=O) groups is 3. The van der Waals surface area contributed by atoms with Gasteiger partial charge < -0.3 is 19.9 Å². The average Bonchev–Trinajstić information content (AvgIpc) is 3.00. The number of ether oxygens (including phenoxy) is 3. The smallest absolute Gasteiger partial charge is 0.338 e. The molecule has 11 heteroatoms. The topological polar surface area (TPSA) is 108 Å². The fraction of sp³-hybridized carbons (Fsp3) is 0.219. The predicted octanol–water partition coefficient (Wildman–Crippen LogP) is 4.86. The Labute approximate surface area is 245 Å². The van der Waals surface area contributed by atoms with Crippen molar-refractivity contribution >= 4 is 23.4 Å². The van der Waals surface area contributed by atoms with Crippen LogP contribution in [-0.2, 0) is 23.9 Å². The molecule has 222 valence electrons. The molecule has 1 aliphatic heterocycles. The molecule has 3 aromatic carbocycles. The normalized spacial score (nSPS) is 20.1. The number of methoxy groups -OCH3 is 3. The van der Waals surface area contributed by atoms with E-state index in [9.17, 15) is 23.2 Å². The molecule has 2 N–H and O–H groups in total. The predicted molar refractivity (Wildman–Crippen MR) is 149 cm³/mol. The first-order valence-corrected chi connectivity index (χ1v) is 13.2. The van der Waals surface area contributed by atoms with Crippen molar-refractivity contribution in [2.24, 2.45) is 11.7 Å². The third kappa shape index (κ3) is 5.11. The summed E-state index contributed by atoms with van der Waals surface area (Å²) in [6.45, 7) is 0. The number of esters is 2. The van der Waals surface area contributed by atoms with Gasteiger partial charge in [0.25, 0.3) is 0 Å². The van der Waals surface area contributed by atoms with E-state index in [0.717, 1.165) is 38.5 Å². The van der Waals surface area contributed by atoms with Gasteiger partial charge >= 0.3 is 11.9 Å². The van der Waals surface area contributed by atoms with Gasteiger partial charge in [-0.3, -0.25) is 14.5 Å². The van der Waals surface area contributed by atoms with Gasteiger partial charge in [-0.15, -0.1) is 0 Å². The number of nitrogens with zero attached hydrogens (tertiary/aromatic N) is 1. The highest BCUT2D eigenvalue weighted by atomic mass is 19.1. The van der Waals surface area contributed by atoms with Crippen molar-refractivity contribution < 1.29 is 41.8 Å². The molecule has 0 fully saturated rings. The molecule has 3 atom stereocenters. The maximum absolute atomic E-state index is 15.4. The van der Waals surface area contributed by atoms with E-state index in [1.54, 1.807) is 24.3 Å². The first kappa shape index (κ1) is 29.4. The molecule has 5 rings (SSSR count). The number of rotatable bonds is 6. The summed E-state index contributed by atoms with van der Waals surface area (Å²) in [5.41, 5.74) is 7.14. The second-order valence-corrected chi connectivity index (χ2v) is 10.0. The Bertz CT molecular complexity index is 1670. The molecular weight excluding hydrogens is 565 g/mol. The van der Waals surface area contributed by atoms with Crippen LogP contribution in [0.2, 0.25) is 0 Å². The highest BCUT2D eigenvalue weighted by Crippen LogP contribution is 2.52. The molecule has 3 unspecified atom stereocenters. The van der Waals surface area contributed by atoms with Gasteiger partial charge in [0.2, 0.25) is 0 Å². The summed E-state index contributed by atoms with van der Waals surface area (Å²) < 4.78 is 58.7. The van der Waals surface area contributed by atoms with Crippen molar-refractivity contribution in [2.45, 2.75) is 18.3 Å². The van der Waals surface area contributed by atoms with E-state index < -0.39 is 52.9 Å². The van der Waals surface area contributed by atoms with Crippen LogP contribution in [0.4, 0.5) is 18.9 Å². The second kappa shape index (κ2) is 11.7. The highest BCUT2D eigenvalue weighted by molar-refractivity contribution is 6.14. The lowest BCUT2D eigenvalue weighted by Gasteiger charge is -2.44. The number of benzene rings is 3. The largest absolute Gasteiger partial charge is 0.497 e. The van der Waals surface area contributed by atoms with Gasteiger partial charge in [0.1, 0.15) is 34.9 Å². The second-order valence-electron chi connectivity index (χ2n) is 10.0. The minimum absolute atomic E-state index is 0.0448. The third-order valence-corrected chi connectivity index (χ3v) is 7.80. The molecular formula is C32H27F3N2O6. The monoisotopic (exact) mass is 592 g/mol. The SMILES string of the molecule is COC(=O)C1=C(N)N(c2ccc(F)cc2F)C2=C(C(=O)C(C(=O)OC)C(c3ccc(OC)cc3)C2)C1c1ccc(F)cc1. The van der Waals surface area contributed by atoms with Crippen molar-refractivity contribution in [1.29, 1.82) is 0 Å². The third-order valence-electron chi connectivity index (χ3n) is 7.80. The average molecular weight is 593 g/mol. The van der Waals surface area contributed by atoms with Gasteiger partial charge in [-0.25, -0.2) is 18.0 Å². The minimum atomic E-state index is -1.36. The van der Waals surface area contributed by atoms with Crippen LogP contribution in [-0.4, -0.2) is 39.1 Å². The number of allylic oxidation sites excluding steroid dienone is 2. The zero-order valence-electron chi connectivity index (χ0n) is 23.4. The van der Waals surface area contributed by atoms with Crippen molar-refractivity contribution in [3.05, 3.63) is 118 Å². The van der Waals surface area contributed by atoms with Crippen LogP contribution in [0.1, 0.15) is 29.4 Å². The zero-order valence-corrected chi connectivity index (χ0v) is 23.4. The van der Waals surface area contributed by atoms with Crippen LogP contribution in [0.15, 0.2) is 89.4 Å². The van der Waals surface area contributed by atoms with E-state index in [1.165, 1.54) is 24.1 Å². The molecule has 0 bridgehead atoms. The number of anilines is 1. The Morgan fingerprint density at radius 3 is 2.07 bits per heavy atom. The lowest BCUT2D eigenvalue weighted by molar-refractivity contribution is -0.150. The van der Waals surface area contributed by atoms with Crippen LogP contribution in [0.5, 0.6) is 5.75 Å². The molecule has 3 aromatic rings. The van der Waals surface area contributed by atoms with E-state index in [2.05, 4.69) is 0 Å². The fourth-order valence-corrected chi connectivity index (χ4v) is 5.83. The van der Waals surface area contributed by atoms with Gasteiger partial charge in [0, 0.05) is 23.3 Å². The number of halogens is 3. The van der Waals surface area contributed by atoms with E-state index in [-0.39, 0.29) is 34.8 Å². The molecule has 43 heavy (non-hydrogen) atoms. The Balaban J connectivity index is 1.83.